The number of hydrogen-bond acceptors (Lipinski definition) is 2. The lowest BCUT2D eigenvalue weighted by atomic mass is 10.1. The minimum Gasteiger partial charge on any atom is -0.360 e. The molecule has 0 saturated carbocycles. The molecule has 0 radical (unpaired) electrons. The number of benzene rings is 2. The van der Waals surface area contributed by atoms with Crippen LogP contribution in [0.15, 0.2) is 53.5 Å². The Hall–Kier alpha value is -3.02. The number of rotatable bonds is 2. The number of H-pyrrole nitrogens is 1. The zero-order valence-corrected chi connectivity index (χ0v) is 11.2. The van der Waals surface area contributed by atoms with Gasteiger partial charge >= 0.3 is 0 Å². The average Bonchev–Trinajstić information content (AvgIpc) is 2.50. The van der Waals surface area contributed by atoms with Crippen molar-refractivity contribution in [3.63, 3.8) is 0 Å². The standard InChI is InChI=1S/C16H10F2N2O2/c17-9-5-6-14(12(18)7-9)20-16(22)11-8-19-13-4-2-1-3-10(13)15(11)21/h1-8H,(H,19,21)(H,20,22). The summed E-state index contributed by atoms with van der Waals surface area (Å²) in [6.45, 7) is 0. The summed E-state index contributed by atoms with van der Waals surface area (Å²) in [5.74, 6) is -2.43. The number of carbonyl (C=O) groups excluding carboxylic acids is 1. The van der Waals surface area contributed by atoms with Gasteiger partial charge in [0.1, 0.15) is 17.2 Å². The third-order valence-corrected chi connectivity index (χ3v) is 3.21. The van der Waals surface area contributed by atoms with Crippen LogP contribution >= 0.6 is 0 Å². The summed E-state index contributed by atoms with van der Waals surface area (Å²) >= 11 is 0. The molecule has 0 atom stereocenters. The Morgan fingerprint density at radius 1 is 1.09 bits per heavy atom. The lowest BCUT2D eigenvalue weighted by molar-refractivity contribution is 0.102. The summed E-state index contributed by atoms with van der Waals surface area (Å²) in [6, 6.07) is 9.49. The number of hydrogen-bond donors (Lipinski definition) is 2. The van der Waals surface area contributed by atoms with Crippen molar-refractivity contribution >= 4 is 22.5 Å². The molecule has 6 heteroatoms. The highest BCUT2D eigenvalue weighted by Crippen LogP contribution is 2.16. The van der Waals surface area contributed by atoms with E-state index in [2.05, 4.69) is 10.3 Å². The summed E-state index contributed by atoms with van der Waals surface area (Å²) in [5, 5.41) is 2.61. The molecule has 3 rings (SSSR count). The van der Waals surface area contributed by atoms with Crippen LogP contribution in [0, 0.1) is 11.6 Å². The van der Waals surface area contributed by atoms with E-state index < -0.39 is 23.0 Å². The summed E-state index contributed by atoms with van der Waals surface area (Å²) in [7, 11) is 0. The fourth-order valence-electron chi connectivity index (χ4n) is 2.12. The second-order valence-electron chi connectivity index (χ2n) is 4.66. The number of aromatic nitrogens is 1. The third-order valence-electron chi connectivity index (χ3n) is 3.21. The van der Waals surface area contributed by atoms with E-state index >= 15 is 0 Å². The molecule has 110 valence electrons. The molecule has 2 N–H and O–H groups in total. The van der Waals surface area contributed by atoms with E-state index in [1.165, 1.54) is 6.20 Å². The van der Waals surface area contributed by atoms with E-state index in [0.717, 1.165) is 12.1 Å². The lowest BCUT2D eigenvalue weighted by Gasteiger charge is -2.07. The van der Waals surface area contributed by atoms with Gasteiger partial charge in [-0.1, -0.05) is 12.1 Å². The molecule has 0 bridgehead atoms. The van der Waals surface area contributed by atoms with Gasteiger partial charge in [0, 0.05) is 23.2 Å². The Morgan fingerprint density at radius 2 is 1.86 bits per heavy atom. The maximum absolute atomic E-state index is 13.5. The first-order valence-electron chi connectivity index (χ1n) is 6.43. The summed E-state index contributed by atoms with van der Waals surface area (Å²) < 4.78 is 26.4. The topological polar surface area (TPSA) is 62.0 Å². The first-order chi connectivity index (χ1) is 10.6. The number of fused-ring (bicyclic) bond motifs is 1. The monoisotopic (exact) mass is 300 g/mol. The van der Waals surface area contributed by atoms with E-state index in [4.69, 9.17) is 0 Å². The van der Waals surface area contributed by atoms with Gasteiger partial charge in [0.15, 0.2) is 0 Å². The zero-order valence-electron chi connectivity index (χ0n) is 11.2. The molecule has 2 aromatic carbocycles. The van der Waals surface area contributed by atoms with Crippen LogP contribution in [0.5, 0.6) is 0 Å². The highest BCUT2D eigenvalue weighted by molar-refractivity contribution is 6.05. The van der Waals surface area contributed by atoms with Crippen molar-refractivity contribution in [2.24, 2.45) is 0 Å². The molecular weight excluding hydrogens is 290 g/mol. The highest BCUT2D eigenvalue weighted by Gasteiger charge is 2.15. The van der Waals surface area contributed by atoms with Gasteiger partial charge in [-0.15, -0.1) is 0 Å². The fourth-order valence-corrected chi connectivity index (χ4v) is 2.12. The van der Waals surface area contributed by atoms with E-state index in [0.29, 0.717) is 17.0 Å². The molecule has 0 spiro atoms. The second-order valence-corrected chi connectivity index (χ2v) is 4.66. The number of nitrogens with one attached hydrogen (secondary N) is 2. The van der Waals surface area contributed by atoms with Crippen LogP contribution in [-0.4, -0.2) is 10.9 Å². The second kappa shape index (κ2) is 5.40. The zero-order chi connectivity index (χ0) is 15.7. The van der Waals surface area contributed by atoms with Crippen LogP contribution in [0.1, 0.15) is 10.4 Å². The normalized spacial score (nSPS) is 10.6. The van der Waals surface area contributed by atoms with Crippen molar-refractivity contribution in [3.8, 4) is 0 Å². The Bertz CT molecular complexity index is 935. The minimum atomic E-state index is -0.912. The van der Waals surface area contributed by atoms with Crippen LogP contribution in [0.25, 0.3) is 10.9 Å². The summed E-state index contributed by atoms with van der Waals surface area (Å²) in [4.78, 5) is 27.2. The molecule has 0 unspecified atom stereocenters. The maximum Gasteiger partial charge on any atom is 0.261 e. The lowest BCUT2D eigenvalue weighted by Crippen LogP contribution is -2.22. The largest absolute Gasteiger partial charge is 0.360 e. The summed E-state index contributed by atoms with van der Waals surface area (Å²) in [6.07, 6.45) is 1.27. The number of aromatic amines is 1. The molecule has 0 saturated heterocycles. The molecule has 0 aliphatic carbocycles. The van der Waals surface area contributed by atoms with Gasteiger partial charge in [-0.3, -0.25) is 9.59 Å². The van der Waals surface area contributed by atoms with Gasteiger partial charge in [-0.05, 0) is 24.3 Å². The van der Waals surface area contributed by atoms with E-state index in [-0.39, 0.29) is 11.3 Å². The quantitative estimate of drug-likeness (QED) is 0.764. The number of pyridine rings is 1. The molecule has 4 nitrogen and oxygen atoms in total. The first-order valence-corrected chi connectivity index (χ1v) is 6.43. The van der Waals surface area contributed by atoms with Gasteiger partial charge in [-0.2, -0.15) is 0 Å². The van der Waals surface area contributed by atoms with E-state index in [9.17, 15) is 18.4 Å². The number of halogens is 2. The first kappa shape index (κ1) is 13.9. The van der Waals surface area contributed by atoms with Crippen LogP contribution in [0.3, 0.4) is 0 Å². The van der Waals surface area contributed by atoms with Crippen LogP contribution in [-0.2, 0) is 0 Å². The molecule has 22 heavy (non-hydrogen) atoms. The Balaban J connectivity index is 1.99. The van der Waals surface area contributed by atoms with Gasteiger partial charge in [0.25, 0.3) is 5.91 Å². The average molecular weight is 300 g/mol. The molecule has 1 amide bonds. The molecular formula is C16H10F2N2O2. The predicted octanol–water partition coefficient (Wildman–Crippen LogP) is 3.06. The number of anilines is 1. The van der Waals surface area contributed by atoms with Crippen molar-refractivity contribution < 1.29 is 13.6 Å². The summed E-state index contributed by atoms with van der Waals surface area (Å²) in [5.41, 5.74) is -0.215. The number of amides is 1. The van der Waals surface area contributed by atoms with Crippen LogP contribution < -0.4 is 10.7 Å². The minimum absolute atomic E-state index is 0.151. The highest BCUT2D eigenvalue weighted by atomic mass is 19.1. The molecule has 0 aliphatic rings. The Labute approximate surface area is 123 Å². The third kappa shape index (κ3) is 2.46. The van der Waals surface area contributed by atoms with Crippen molar-refractivity contribution in [3.05, 3.63) is 76.1 Å². The van der Waals surface area contributed by atoms with Crippen molar-refractivity contribution in [2.45, 2.75) is 0 Å². The SMILES string of the molecule is O=C(Nc1ccc(F)cc1F)c1c[nH]c2ccccc2c1=O. The van der Waals surface area contributed by atoms with Crippen molar-refractivity contribution in [2.75, 3.05) is 5.32 Å². The van der Waals surface area contributed by atoms with Crippen LogP contribution in [0.2, 0.25) is 0 Å². The van der Waals surface area contributed by atoms with Gasteiger partial charge in [-0.25, -0.2) is 8.78 Å². The van der Waals surface area contributed by atoms with E-state index in [1.807, 2.05) is 0 Å². The molecule has 1 heterocycles. The van der Waals surface area contributed by atoms with Crippen LogP contribution in [0.4, 0.5) is 14.5 Å². The molecule has 3 aromatic rings. The van der Waals surface area contributed by atoms with Gasteiger partial charge in [0.2, 0.25) is 5.43 Å². The molecule has 1 aromatic heterocycles. The van der Waals surface area contributed by atoms with Gasteiger partial charge < -0.3 is 10.3 Å². The molecule has 0 fully saturated rings. The predicted molar refractivity (Wildman–Crippen MR) is 78.9 cm³/mol. The number of para-hydroxylation sites is 1. The fraction of sp³-hybridized carbons (Fsp3) is 0. The Morgan fingerprint density at radius 3 is 2.64 bits per heavy atom. The number of carbonyl (C=O) groups is 1. The smallest absolute Gasteiger partial charge is 0.261 e. The maximum atomic E-state index is 13.5. The van der Waals surface area contributed by atoms with Crippen molar-refractivity contribution in [1.29, 1.82) is 0 Å². The van der Waals surface area contributed by atoms with Crippen molar-refractivity contribution in [1.82, 2.24) is 4.98 Å². The van der Waals surface area contributed by atoms with E-state index in [1.54, 1.807) is 24.3 Å². The Kier molecular flexibility index (Phi) is 3.42. The van der Waals surface area contributed by atoms with Gasteiger partial charge in [0.05, 0.1) is 5.69 Å². The molecule has 0 aliphatic heterocycles.